The molecule has 0 aliphatic heterocycles. The Morgan fingerprint density at radius 3 is 1.11 bits per heavy atom. The highest BCUT2D eigenvalue weighted by Gasteiger charge is 2.91. The van der Waals surface area contributed by atoms with Crippen LogP contribution in [0.4, 0.5) is 65.9 Å². The van der Waals surface area contributed by atoms with Crippen molar-refractivity contribution in [2.45, 2.75) is 54.3 Å². The molecule has 0 amide bonds. The molecule has 164 valence electrons. The summed E-state index contributed by atoms with van der Waals surface area (Å²) in [5.41, 5.74) is -5.26. The second-order valence-corrected chi connectivity index (χ2v) is 12.9. The van der Waals surface area contributed by atoms with E-state index in [2.05, 4.69) is 0 Å². The summed E-state index contributed by atoms with van der Waals surface area (Å²) in [6, 6.07) is 0. The maximum atomic E-state index is 13.3. The molecule has 27 heavy (non-hydrogen) atoms. The lowest BCUT2D eigenvalue weighted by Crippen LogP contribution is -2.70. The van der Waals surface area contributed by atoms with Gasteiger partial charge in [-0.1, -0.05) is 0 Å². The molecule has 0 heterocycles. The minimum Gasteiger partial charge on any atom is -0.208 e. The molecule has 0 aromatic heterocycles. The molecule has 0 nitrogen and oxygen atoms in total. The van der Waals surface area contributed by atoms with Gasteiger partial charge in [0.15, 0.2) is 0 Å². The van der Waals surface area contributed by atoms with E-state index < -0.39 is 54.4 Å². The molecular formula is C9H5Cl2F15Si. The molecule has 0 radical (unpaired) electrons. The van der Waals surface area contributed by atoms with E-state index in [1.54, 1.807) is 0 Å². The Morgan fingerprint density at radius 1 is 0.556 bits per heavy atom. The predicted molar refractivity (Wildman–Crippen MR) is 63.7 cm³/mol. The van der Waals surface area contributed by atoms with E-state index in [-0.39, 0.29) is 6.55 Å². The topological polar surface area (TPSA) is 0 Å². The number of halogens is 17. The van der Waals surface area contributed by atoms with Crippen LogP contribution in [0.25, 0.3) is 0 Å². The summed E-state index contributed by atoms with van der Waals surface area (Å²) < 4.78 is 192. The predicted octanol–water partition coefficient (Wildman–Crippen LogP) is 6.84. The molecule has 0 rings (SSSR count). The number of hydrogen-bond acceptors (Lipinski definition) is 0. The second kappa shape index (κ2) is 6.64. The van der Waals surface area contributed by atoms with E-state index in [0.29, 0.717) is 0 Å². The van der Waals surface area contributed by atoms with Crippen LogP contribution in [0.3, 0.4) is 0 Å². The van der Waals surface area contributed by atoms with Gasteiger partial charge >= 0.3 is 42.5 Å². The maximum Gasteiger partial charge on any atom is 0.460 e. The molecule has 0 aliphatic carbocycles. The van der Waals surface area contributed by atoms with Crippen molar-refractivity contribution in [3.63, 3.8) is 0 Å². The quantitative estimate of drug-likeness (QED) is 0.205. The maximum absolute atomic E-state index is 13.3. The average molecular weight is 497 g/mol. The Kier molecular flexibility index (Phi) is 6.57. The first kappa shape index (κ1) is 26.7. The highest BCUT2D eigenvalue weighted by Crippen LogP contribution is 2.61. The average Bonchev–Trinajstić information content (AvgIpc) is 2.33. The molecule has 0 spiro atoms. The second-order valence-electron chi connectivity index (χ2n) is 5.27. The fourth-order valence-corrected chi connectivity index (χ4v) is 2.28. The minimum absolute atomic E-state index is 0.134. The molecule has 18 heteroatoms. The molecule has 0 atom stereocenters. The Hall–Kier alpha value is -0.253. The lowest BCUT2D eigenvalue weighted by atomic mass is 9.92. The summed E-state index contributed by atoms with van der Waals surface area (Å²) in [6.07, 6.45) is -11.3. The molecule has 0 aliphatic rings. The molecule has 0 fully saturated rings. The van der Waals surface area contributed by atoms with Gasteiger partial charge in [0.05, 0.1) is 6.42 Å². The van der Waals surface area contributed by atoms with Gasteiger partial charge in [-0.05, 0) is 6.55 Å². The van der Waals surface area contributed by atoms with Crippen molar-refractivity contribution in [3.8, 4) is 0 Å². The van der Waals surface area contributed by atoms with Gasteiger partial charge in [-0.2, -0.15) is 57.1 Å². The van der Waals surface area contributed by atoms with Crippen LogP contribution >= 0.6 is 22.2 Å². The third-order valence-electron chi connectivity index (χ3n) is 3.08. The largest absolute Gasteiger partial charge is 0.460 e. The molecule has 0 saturated carbocycles. The highest BCUT2D eigenvalue weighted by atomic mass is 35.7. The Labute approximate surface area is 150 Å². The smallest absolute Gasteiger partial charge is 0.208 e. The van der Waals surface area contributed by atoms with E-state index in [1.807, 2.05) is 0 Å². The van der Waals surface area contributed by atoms with Crippen LogP contribution in [0.5, 0.6) is 0 Å². The third kappa shape index (κ3) is 4.07. The van der Waals surface area contributed by atoms with Crippen molar-refractivity contribution in [1.82, 2.24) is 0 Å². The van der Waals surface area contributed by atoms with Crippen molar-refractivity contribution in [3.05, 3.63) is 0 Å². The van der Waals surface area contributed by atoms with E-state index in [9.17, 15) is 65.9 Å². The molecule has 0 aromatic carbocycles. The Morgan fingerprint density at radius 2 is 0.852 bits per heavy atom. The Bertz CT molecular complexity index is 546. The van der Waals surface area contributed by atoms with E-state index in [0.717, 1.165) is 0 Å². The summed E-state index contributed by atoms with van der Waals surface area (Å²) in [7, 11) is 0. The first-order valence-corrected chi connectivity index (χ1v) is 10.4. The minimum atomic E-state index is -8.15. The van der Waals surface area contributed by atoms with Gasteiger partial charge in [0.25, 0.3) is 5.55 Å². The van der Waals surface area contributed by atoms with Crippen LogP contribution in [0.15, 0.2) is 0 Å². The van der Waals surface area contributed by atoms with Gasteiger partial charge in [-0.15, -0.1) is 22.2 Å². The molecule has 0 unspecified atom stereocenters. The van der Waals surface area contributed by atoms with Crippen molar-refractivity contribution in [2.75, 3.05) is 0 Å². The number of alkyl halides is 15. The zero-order valence-electron chi connectivity index (χ0n) is 12.1. The molecule has 0 N–H and O–H groups in total. The van der Waals surface area contributed by atoms with Gasteiger partial charge < -0.3 is 0 Å². The van der Waals surface area contributed by atoms with E-state index in [1.165, 1.54) is 0 Å². The van der Waals surface area contributed by atoms with Gasteiger partial charge in [0.1, 0.15) is 0 Å². The van der Waals surface area contributed by atoms with Crippen molar-refractivity contribution < 1.29 is 65.9 Å². The normalized spacial score (nSPS) is 16.7. The van der Waals surface area contributed by atoms with Gasteiger partial charge in [0, 0.05) is 0 Å². The summed E-state index contributed by atoms with van der Waals surface area (Å²) >= 11 is 9.58. The standard InChI is InChI=1S/C9H5Cl2F15Si/c1-27(10,11)4(14,15)2-3(12,13)5(16,17)6(18,19)7(20,21)8(22,23)9(24,25)26/h2H2,1H3. The molecule has 0 saturated heterocycles. The van der Waals surface area contributed by atoms with Crippen LogP contribution in [0, 0.1) is 0 Å². The van der Waals surface area contributed by atoms with E-state index in [4.69, 9.17) is 22.2 Å². The first-order valence-electron chi connectivity index (χ1n) is 5.92. The molecular weight excluding hydrogens is 492 g/mol. The lowest BCUT2D eigenvalue weighted by Gasteiger charge is -2.40. The number of rotatable bonds is 7. The lowest BCUT2D eigenvalue weighted by molar-refractivity contribution is -0.441. The first-order chi connectivity index (χ1) is 11.2. The zero-order valence-corrected chi connectivity index (χ0v) is 14.6. The van der Waals surface area contributed by atoms with Gasteiger partial charge in [0.2, 0.25) is 0 Å². The van der Waals surface area contributed by atoms with Crippen LogP contribution in [-0.2, 0) is 0 Å². The SMILES string of the molecule is C[Si](Cl)(Cl)C(F)(F)CC(F)(F)C(F)(F)C(F)(F)C(F)(F)C(F)(F)C(F)(F)F. The Balaban J connectivity index is 6.32. The zero-order chi connectivity index (χ0) is 22.7. The fraction of sp³-hybridized carbons (Fsp3) is 1.00. The summed E-state index contributed by atoms with van der Waals surface area (Å²) in [4.78, 5) is 0. The van der Waals surface area contributed by atoms with Crippen LogP contribution in [-0.4, -0.2) is 48.0 Å². The fourth-order valence-electron chi connectivity index (χ4n) is 1.35. The molecule has 0 bridgehead atoms. The highest BCUT2D eigenvalue weighted by molar-refractivity contribution is 7.45. The van der Waals surface area contributed by atoms with E-state index >= 15 is 0 Å². The monoisotopic (exact) mass is 496 g/mol. The summed E-state index contributed by atoms with van der Waals surface area (Å²) in [5, 5.41) is 0. The van der Waals surface area contributed by atoms with Crippen molar-refractivity contribution >= 4 is 28.9 Å². The van der Waals surface area contributed by atoms with Crippen LogP contribution in [0.1, 0.15) is 6.42 Å². The number of hydrogen-bond donors (Lipinski definition) is 0. The van der Waals surface area contributed by atoms with Crippen molar-refractivity contribution in [2.24, 2.45) is 0 Å². The third-order valence-corrected chi connectivity index (χ3v) is 6.20. The summed E-state index contributed by atoms with van der Waals surface area (Å²) in [6.45, 7) is -5.07. The van der Waals surface area contributed by atoms with Crippen LogP contribution in [0.2, 0.25) is 6.55 Å². The van der Waals surface area contributed by atoms with Crippen LogP contribution < -0.4 is 0 Å². The summed E-state index contributed by atoms with van der Waals surface area (Å²) in [5.74, 6) is -38.9. The van der Waals surface area contributed by atoms with Crippen molar-refractivity contribution in [1.29, 1.82) is 0 Å². The molecule has 0 aromatic rings. The van der Waals surface area contributed by atoms with Gasteiger partial charge in [-0.3, -0.25) is 0 Å². The van der Waals surface area contributed by atoms with Gasteiger partial charge in [-0.25, -0.2) is 8.78 Å².